The van der Waals surface area contributed by atoms with Gasteiger partial charge in [0.1, 0.15) is 24.2 Å². The van der Waals surface area contributed by atoms with Crippen molar-refractivity contribution >= 4 is 5.97 Å². The van der Waals surface area contributed by atoms with E-state index in [-0.39, 0.29) is 6.10 Å². The van der Waals surface area contributed by atoms with Gasteiger partial charge in [0.05, 0.1) is 7.11 Å². The van der Waals surface area contributed by atoms with Gasteiger partial charge in [0.25, 0.3) is 0 Å². The molecule has 0 fully saturated rings. The minimum Gasteiger partial charge on any atom is -0.496 e. The van der Waals surface area contributed by atoms with Crippen LogP contribution in [0.1, 0.15) is 55.4 Å². The van der Waals surface area contributed by atoms with Gasteiger partial charge in [0, 0.05) is 11.5 Å². The van der Waals surface area contributed by atoms with Crippen LogP contribution in [0.15, 0.2) is 48.6 Å². The zero-order valence-electron chi connectivity index (χ0n) is 18.4. The van der Waals surface area contributed by atoms with Crippen LogP contribution in [0.4, 0.5) is 0 Å². The maximum Gasteiger partial charge on any atom is 0.333 e. The zero-order valence-corrected chi connectivity index (χ0v) is 18.4. The lowest BCUT2D eigenvalue weighted by Gasteiger charge is -2.20. The Labute approximate surface area is 174 Å². The predicted molar refractivity (Wildman–Crippen MR) is 117 cm³/mol. The number of carbonyl (C=O) groups is 1. The summed E-state index contributed by atoms with van der Waals surface area (Å²) in [6, 6.07) is 12.7. The number of rotatable bonds is 9. The minimum atomic E-state index is -0.395. The molecule has 4 nitrogen and oxygen atoms in total. The maximum absolute atomic E-state index is 11.6. The van der Waals surface area contributed by atoms with Crippen LogP contribution in [0, 0.1) is 13.8 Å². The third-order valence-electron chi connectivity index (χ3n) is 4.96. The zero-order chi connectivity index (χ0) is 21.6. The molecule has 4 heteroatoms. The molecule has 2 aromatic rings. The summed E-state index contributed by atoms with van der Waals surface area (Å²) in [4.78, 5) is 11.6. The highest BCUT2D eigenvalue weighted by Gasteiger charge is 2.16. The van der Waals surface area contributed by atoms with E-state index in [4.69, 9.17) is 14.2 Å². The van der Waals surface area contributed by atoms with Crippen molar-refractivity contribution in [2.45, 2.75) is 53.1 Å². The highest BCUT2D eigenvalue weighted by atomic mass is 16.6. The van der Waals surface area contributed by atoms with E-state index in [0.717, 1.165) is 29.0 Å². The Bertz CT molecular complexity index is 869. The van der Waals surface area contributed by atoms with Crippen LogP contribution in [0.5, 0.6) is 11.5 Å². The number of methoxy groups -OCH3 is 1. The molecule has 2 unspecified atom stereocenters. The van der Waals surface area contributed by atoms with Gasteiger partial charge < -0.3 is 14.2 Å². The van der Waals surface area contributed by atoms with Gasteiger partial charge in [-0.1, -0.05) is 37.8 Å². The van der Waals surface area contributed by atoms with E-state index in [1.165, 1.54) is 11.1 Å². The number of carbonyl (C=O) groups excluding carboxylic acids is 1. The van der Waals surface area contributed by atoms with E-state index in [9.17, 15) is 4.79 Å². The Kier molecular flexibility index (Phi) is 7.89. The lowest BCUT2D eigenvalue weighted by Crippen LogP contribution is -2.22. The standard InChI is InChI=1S/C25H32O4/c1-8-22(20-9-11-23(27-7)17(4)13-20)21-10-12-24(18(5)14-21)28-15-19(6)29-25(26)16(2)3/h9-14,19,22H,2,8,15H2,1,3-7H3. The molecule has 0 aliphatic heterocycles. The van der Waals surface area contributed by atoms with Crippen molar-refractivity contribution in [3.8, 4) is 11.5 Å². The molecule has 0 aliphatic carbocycles. The van der Waals surface area contributed by atoms with Crippen molar-refractivity contribution < 1.29 is 19.0 Å². The molecule has 0 spiro atoms. The highest BCUT2D eigenvalue weighted by molar-refractivity contribution is 5.87. The third kappa shape index (κ3) is 5.86. The number of hydrogen-bond donors (Lipinski definition) is 0. The molecule has 0 aliphatic rings. The summed E-state index contributed by atoms with van der Waals surface area (Å²) in [5.74, 6) is 1.62. The molecule has 0 saturated carbocycles. The largest absolute Gasteiger partial charge is 0.496 e. The first-order valence-electron chi connectivity index (χ1n) is 10.0. The van der Waals surface area contributed by atoms with Gasteiger partial charge in [-0.15, -0.1) is 0 Å². The number of benzene rings is 2. The van der Waals surface area contributed by atoms with Gasteiger partial charge in [-0.25, -0.2) is 4.79 Å². The summed E-state index contributed by atoms with van der Waals surface area (Å²) >= 11 is 0. The SMILES string of the molecule is C=C(C)C(=O)OC(C)COc1ccc(C(CC)c2ccc(OC)c(C)c2)cc1C. The Morgan fingerprint density at radius 1 is 1.03 bits per heavy atom. The molecule has 2 rings (SSSR count). The number of aryl methyl sites for hydroxylation is 2. The van der Waals surface area contributed by atoms with Gasteiger partial charge >= 0.3 is 5.97 Å². The number of hydrogen-bond acceptors (Lipinski definition) is 4. The quantitative estimate of drug-likeness (QED) is 0.400. The fourth-order valence-electron chi connectivity index (χ4n) is 3.36. The molecule has 156 valence electrons. The maximum atomic E-state index is 11.6. The Morgan fingerprint density at radius 2 is 1.59 bits per heavy atom. The van der Waals surface area contributed by atoms with Crippen molar-refractivity contribution in [3.05, 3.63) is 70.8 Å². The van der Waals surface area contributed by atoms with Crippen LogP contribution in [0.3, 0.4) is 0 Å². The van der Waals surface area contributed by atoms with Crippen LogP contribution in [-0.4, -0.2) is 25.8 Å². The second-order valence-electron chi connectivity index (χ2n) is 7.52. The Hall–Kier alpha value is -2.75. The molecule has 0 aromatic heterocycles. The average molecular weight is 397 g/mol. The topological polar surface area (TPSA) is 44.8 Å². The van der Waals surface area contributed by atoms with E-state index in [2.05, 4.69) is 44.7 Å². The van der Waals surface area contributed by atoms with Crippen LogP contribution in [0.2, 0.25) is 0 Å². The van der Waals surface area contributed by atoms with Crippen LogP contribution in [0.25, 0.3) is 0 Å². The van der Waals surface area contributed by atoms with Crippen molar-refractivity contribution in [3.63, 3.8) is 0 Å². The average Bonchev–Trinajstić information content (AvgIpc) is 2.68. The van der Waals surface area contributed by atoms with Gasteiger partial charge in [-0.3, -0.25) is 0 Å². The van der Waals surface area contributed by atoms with Crippen LogP contribution < -0.4 is 9.47 Å². The van der Waals surface area contributed by atoms with E-state index in [1.807, 2.05) is 26.0 Å². The van der Waals surface area contributed by atoms with Crippen molar-refractivity contribution in [1.29, 1.82) is 0 Å². The van der Waals surface area contributed by atoms with Crippen molar-refractivity contribution in [2.24, 2.45) is 0 Å². The molecule has 0 N–H and O–H groups in total. The first kappa shape index (κ1) is 22.5. The van der Waals surface area contributed by atoms with E-state index in [1.54, 1.807) is 14.0 Å². The first-order valence-corrected chi connectivity index (χ1v) is 10.0. The summed E-state index contributed by atoms with van der Waals surface area (Å²) in [5.41, 5.74) is 5.11. The minimum absolute atomic E-state index is 0.300. The molecular formula is C25H32O4. The lowest BCUT2D eigenvalue weighted by atomic mass is 9.87. The van der Waals surface area contributed by atoms with Crippen molar-refractivity contribution in [2.75, 3.05) is 13.7 Å². The number of esters is 1. The predicted octanol–water partition coefficient (Wildman–Crippen LogP) is 5.74. The lowest BCUT2D eigenvalue weighted by molar-refractivity contribution is -0.144. The highest BCUT2D eigenvalue weighted by Crippen LogP contribution is 2.33. The molecular weight excluding hydrogens is 364 g/mol. The summed E-state index contributed by atoms with van der Waals surface area (Å²) in [6.45, 7) is 13.6. The molecule has 29 heavy (non-hydrogen) atoms. The van der Waals surface area contributed by atoms with Crippen molar-refractivity contribution in [1.82, 2.24) is 0 Å². The molecule has 2 atom stereocenters. The first-order chi connectivity index (χ1) is 13.8. The monoisotopic (exact) mass is 396 g/mol. The fourth-order valence-corrected chi connectivity index (χ4v) is 3.36. The van der Waals surface area contributed by atoms with Crippen LogP contribution >= 0.6 is 0 Å². The fraction of sp³-hybridized carbons (Fsp3) is 0.400. The van der Waals surface area contributed by atoms with Gasteiger partial charge in [0.15, 0.2) is 0 Å². The van der Waals surface area contributed by atoms with Gasteiger partial charge in [-0.2, -0.15) is 0 Å². The molecule has 0 saturated heterocycles. The second kappa shape index (κ2) is 10.1. The molecule has 0 bridgehead atoms. The Morgan fingerprint density at radius 3 is 2.03 bits per heavy atom. The smallest absolute Gasteiger partial charge is 0.333 e. The van der Waals surface area contributed by atoms with E-state index >= 15 is 0 Å². The molecule has 0 amide bonds. The second-order valence-corrected chi connectivity index (χ2v) is 7.52. The normalized spacial score (nSPS) is 12.8. The van der Waals surface area contributed by atoms with Gasteiger partial charge in [-0.05, 0) is 68.5 Å². The van der Waals surface area contributed by atoms with Gasteiger partial charge in [0.2, 0.25) is 0 Å². The number of ether oxygens (including phenoxy) is 3. The van der Waals surface area contributed by atoms with Crippen LogP contribution in [-0.2, 0) is 9.53 Å². The Balaban J connectivity index is 2.12. The third-order valence-corrected chi connectivity index (χ3v) is 4.96. The molecule has 0 radical (unpaired) electrons. The summed E-state index contributed by atoms with van der Waals surface area (Å²) < 4.78 is 16.5. The summed E-state index contributed by atoms with van der Waals surface area (Å²) in [5, 5.41) is 0. The van der Waals surface area contributed by atoms with E-state index < -0.39 is 5.97 Å². The van der Waals surface area contributed by atoms with E-state index in [0.29, 0.717) is 18.1 Å². The molecule has 0 heterocycles. The molecule has 2 aromatic carbocycles. The summed E-state index contributed by atoms with van der Waals surface area (Å²) in [6.07, 6.45) is 0.656. The summed E-state index contributed by atoms with van der Waals surface area (Å²) in [7, 11) is 1.70.